The average molecular weight is 273 g/mol. The summed E-state index contributed by atoms with van der Waals surface area (Å²) in [6.45, 7) is 9.34. The predicted octanol–water partition coefficient (Wildman–Crippen LogP) is 3.75. The van der Waals surface area contributed by atoms with E-state index in [2.05, 4.69) is 50.2 Å². The zero-order valence-corrected chi connectivity index (χ0v) is 12.6. The van der Waals surface area contributed by atoms with Crippen LogP contribution in [0.3, 0.4) is 0 Å². The number of ether oxygens (including phenoxy) is 1. The van der Waals surface area contributed by atoms with Crippen molar-refractivity contribution < 1.29 is 4.74 Å². The summed E-state index contributed by atoms with van der Waals surface area (Å²) < 4.78 is 7.67. The number of hydrogen-bond acceptors (Lipinski definition) is 3. The van der Waals surface area contributed by atoms with Crippen molar-refractivity contribution in [3.05, 3.63) is 42.2 Å². The molecule has 2 rings (SSSR count). The van der Waals surface area contributed by atoms with Gasteiger partial charge in [0.05, 0.1) is 12.4 Å². The number of rotatable bonds is 6. The van der Waals surface area contributed by atoms with Crippen LogP contribution in [0.15, 0.2) is 36.7 Å². The third-order valence-corrected chi connectivity index (χ3v) is 2.98. The minimum Gasteiger partial charge on any atom is -0.454 e. The Bertz CT molecular complexity index is 529. The topological polar surface area (TPSA) is 39.1 Å². The highest BCUT2D eigenvalue weighted by Gasteiger charge is 2.04. The summed E-state index contributed by atoms with van der Waals surface area (Å²) in [5.41, 5.74) is 1.25. The Kier molecular flexibility index (Phi) is 4.79. The Morgan fingerprint density at radius 2 is 1.80 bits per heavy atom. The molecule has 0 saturated carbocycles. The van der Waals surface area contributed by atoms with Crippen molar-refractivity contribution in [1.29, 1.82) is 0 Å². The molecule has 4 heteroatoms. The van der Waals surface area contributed by atoms with Crippen molar-refractivity contribution in [2.45, 2.75) is 46.3 Å². The van der Waals surface area contributed by atoms with Gasteiger partial charge in [0, 0.05) is 18.6 Å². The molecule has 0 aliphatic rings. The lowest BCUT2D eigenvalue weighted by molar-refractivity contribution is 0.476. The standard InChI is InChI=1S/C16H23N3O/c1-12(2)17-9-14-5-7-15(8-6-14)20-16-10-18-19(11-16)13(3)4/h5-8,10-13,17H,9H2,1-4H3. The fraction of sp³-hybridized carbons (Fsp3) is 0.438. The molecular formula is C16H23N3O. The third-order valence-electron chi connectivity index (χ3n) is 2.98. The second kappa shape index (κ2) is 6.57. The molecular weight excluding hydrogens is 250 g/mol. The maximum Gasteiger partial charge on any atom is 0.165 e. The first-order chi connectivity index (χ1) is 9.54. The Morgan fingerprint density at radius 3 is 2.35 bits per heavy atom. The van der Waals surface area contributed by atoms with Gasteiger partial charge in [-0.3, -0.25) is 4.68 Å². The average Bonchev–Trinajstić information content (AvgIpc) is 2.86. The molecule has 4 nitrogen and oxygen atoms in total. The van der Waals surface area contributed by atoms with E-state index in [1.54, 1.807) is 6.20 Å². The molecule has 1 heterocycles. The van der Waals surface area contributed by atoms with Crippen molar-refractivity contribution >= 4 is 0 Å². The van der Waals surface area contributed by atoms with Crippen LogP contribution in [0.2, 0.25) is 0 Å². The van der Waals surface area contributed by atoms with Gasteiger partial charge in [-0.05, 0) is 31.5 Å². The van der Waals surface area contributed by atoms with Crippen molar-refractivity contribution in [3.63, 3.8) is 0 Å². The van der Waals surface area contributed by atoms with Crippen LogP contribution < -0.4 is 10.1 Å². The number of aromatic nitrogens is 2. The minimum absolute atomic E-state index is 0.344. The smallest absolute Gasteiger partial charge is 0.165 e. The van der Waals surface area contributed by atoms with Gasteiger partial charge in [-0.2, -0.15) is 5.10 Å². The highest BCUT2D eigenvalue weighted by Crippen LogP contribution is 2.22. The van der Waals surface area contributed by atoms with Gasteiger partial charge >= 0.3 is 0 Å². The van der Waals surface area contributed by atoms with E-state index in [0.717, 1.165) is 18.0 Å². The van der Waals surface area contributed by atoms with Crippen LogP contribution in [-0.4, -0.2) is 15.8 Å². The first-order valence-electron chi connectivity index (χ1n) is 7.09. The SMILES string of the molecule is CC(C)NCc1ccc(Oc2cnn(C(C)C)c2)cc1. The second-order valence-corrected chi connectivity index (χ2v) is 5.53. The summed E-state index contributed by atoms with van der Waals surface area (Å²) in [6, 6.07) is 8.98. The van der Waals surface area contributed by atoms with Crippen molar-refractivity contribution in [2.24, 2.45) is 0 Å². The minimum atomic E-state index is 0.344. The summed E-state index contributed by atoms with van der Waals surface area (Å²) in [4.78, 5) is 0. The van der Waals surface area contributed by atoms with Crippen molar-refractivity contribution in [3.8, 4) is 11.5 Å². The highest BCUT2D eigenvalue weighted by molar-refractivity contribution is 5.31. The van der Waals surface area contributed by atoms with Gasteiger partial charge in [0.15, 0.2) is 5.75 Å². The van der Waals surface area contributed by atoms with E-state index in [4.69, 9.17) is 4.74 Å². The molecule has 0 aliphatic heterocycles. The summed E-state index contributed by atoms with van der Waals surface area (Å²) in [7, 11) is 0. The molecule has 0 saturated heterocycles. The lowest BCUT2D eigenvalue weighted by Crippen LogP contribution is -2.21. The van der Waals surface area contributed by atoms with Crippen LogP contribution >= 0.6 is 0 Å². The Balaban J connectivity index is 1.95. The number of benzene rings is 1. The molecule has 1 aromatic carbocycles. The summed E-state index contributed by atoms with van der Waals surface area (Å²) >= 11 is 0. The van der Waals surface area contributed by atoms with E-state index >= 15 is 0 Å². The lowest BCUT2D eigenvalue weighted by Gasteiger charge is -2.09. The number of hydrogen-bond donors (Lipinski definition) is 1. The van der Waals surface area contributed by atoms with Crippen molar-refractivity contribution in [2.75, 3.05) is 0 Å². The highest BCUT2D eigenvalue weighted by atomic mass is 16.5. The molecule has 0 amide bonds. The van der Waals surface area contributed by atoms with Crippen LogP contribution in [0.25, 0.3) is 0 Å². The van der Waals surface area contributed by atoms with Gasteiger partial charge in [0.1, 0.15) is 5.75 Å². The Labute approximate surface area is 120 Å². The molecule has 0 radical (unpaired) electrons. The van der Waals surface area contributed by atoms with Crippen LogP contribution in [0.5, 0.6) is 11.5 Å². The fourth-order valence-corrected chi connectivity index (χ4v) is 1.79. The largest absolute Gasteiger partial charge is 0.454 e. The molecule has 0 atom stereocenters. The lowest BCUT2D eigenvalue weighted by atomic mass is 10.2. The van der Waals surface area contributed by atoms with Crippen LogP contribution in [0.1, 0.15) is 39.3 Å². The quantitative estimate of drug-likeness (QED) is 0.871. The van der Waals surface area contributed by atoms with Gasteiger partial charge in [-0.15, -0.1) is 0 Å². The molecule has 0 fully saturated rings. The van der Waals surface area contributed by atoms with Crippen LogP contribution in [-0.2, 0) is 6.54 Å². The molecule has 2 aromatic rings. The molecule has 0 spiro atoms. The molecule has 108 valence electrons. The first-order valence-corrected chi connectivity index (χ1v) is 7.09. The molecule has 1 N–H and O–H groups in total. The molecule has 0 unspecified atom stereocenters. The Morgan fingerprint density at radius 1 is 1.10 bits per heavy atom. The monoisotopic (exact) mass is 273 g/mol. The van der Waals surface area contributed by atoms with Gasteiger partial charge in [0.2, 0.25) is 0 Å². The first kappa shape index (κ1) is 14.6. The van der Waals surface area contributed by atoms with E-state index in [0.29, 0.717) is 12.1 Å². The van der Waals surface area contributed by atoms with Crippen molar-refractivity contribution in [1.82, 2.24) is 15.1 Å². The summed E-state index contributed by atoms with van der Waals surface area (Å²) in [5.74, 6) is 1.60. The molecule has 0 bridgehead atoms. The summed E-state index contributed by atoms with van der Waals surface area (Å²) in [6.07, 6.45) is 3.66. The number of nitrogens with zero attached hydrogens (tertiary/aromatic N) is 2. The van der Waals surface area contributed by atoms with E-state index in [-0.39, 0.29) is 0 Å². The maximum atomic E-state index is 5.79. The van der Waals surface area contributed by atoms with Gasteiger partial charge < -0.3 is 10.1 Å². The fourth-order valence-electron chi connectivity index (χ4n) is 1.79. The van der Waals surface area contributed by atoms with E-state index in [1.165, 1.54) is 5.56 Å². The van der Waals surface area contributed by atoms with Crippen LogP contribution in [0, 0.1) is 0 Å². The molecule has 0 aliphatic carbocycles. The van der Waals surface area contributed by atoms with E-state index < -0.39 is 0 Å². The van der Waals surface area contributed by atoms with Gasteiger partial charge in [-0.1, -0.05) is 26.0 Å². The predicted molar refractivity (Wildman–Crippen MR) is 81.1 cm³/mol. The normalized spacial score (nSPS) is 11.3. The zero-order chi connectivity index (χ0) is 14.5. The number of nitrogens with one attached hydrogen (secondary N) is 1. The zero-order valence-electron chi connectivity index (χ0n) is 12.6. The van der Waals surface area contributed by atoms with Crippen LogP contribution in [0.4, 0.5) is 0 Å². The second-order valence-electron chi connectivity index (χ2n) is 5.53. The van der Waals surface area contributed by atoms with Gasteiger partial charge in [-0.25, -0.2) is 0 Å². The van der Waals surface area contributed by atoms with Gasteiger partial charge in [0.25, 0.3) is 0 Å². The maximum absolute atomic E-state index is 5.79. The third kappa shape index (κ3) is 4.10. The molecule has 1 aromatic heterocycles. The molecule has 20 heavy (non-hydrogen) atoms. The summed E-state index contributed by atoms with van der Waals surface area (Å²) in [5, 5.41) is 7.65. The van der Waals surface area contributed by atoms with E-state index in [1.807, 2.05) is 23.0 Å². The Hall–Kier alpha value is -1.81. The van der Waals surface area contributed by atoms with E-state index in [9.17, 15) is 0 Å².